The van der Waals surface area contributed by atoms with Gasteiger partial charge in [-0.2, -0.15) is 5.10 Å². The number of nitrogens with one attached hydrogen (secondary N) is 1. The molecule has 0 radical (unpaired) electrons. The molecule has 2 aromatic heterocycles. The zero-order valence-corrected chi connectivity index (χ0v) is 16.6. The number of rotatable bonds is 5. The molecule has 28 heavy (non-hydrogen) atoms. The van der Waals surface area contributed by atoms with Gasteiger partial charge in [-0.15, -0.1) is 0 Å². The maximum atomic E-state index is 13.0. The molecule has 0 spiro atoms. The number of aryl methyl sites for hydroxylation is 1. The van der Waals surface area contributed by atoms with E-state index in [1.54, 1.807) is 16.9 Å². The molecule has 7 nitrogen and oxygen atoms in total. The fourth-order valence-corrected chi connectivity index (χ4v) is 2.86. The molecule has 0 saturated carbocycles. The van der Waals surface area contributed by atoms with Crippen molar-refractivity contribution >= 4 is 22.9 Å². The highest BCUT2D eigenvalue weighted by Gasteiger charge is 2.30. The van der Waals surface area contributed by atoms with Gasteiger partial charge in [-0.25, -0.2) is 14.5 Å². The highest BCUT2D eigenvalue weighted by molar-refractivity contribution is 6.07. The molecule has 1 aromatic carbocycles. The van der Waals surface area contributed by atoms with Gasteiger partial charge in [0.05, 0.1) is 22.8 Å². The number of nitrogens with zero attached hydrogens (tertiary/aromatic N) is 3. The smallest absolute Gasteiger partial charge is 0.328 e. The Bertz CT molecular complexity index is 1050. The Hall–Kier alpha value is -3.22. The Morgan fingerprint density at radius 3 is 2.39 bits per heavy atom. The number of amides is 1. The number of aliphatic carboxylic acids is 1. The van der Waals surface area contributed by atoms with E-state index in [1.807, 2.05) is 45.0 Å². The predicted molar refractivity (Wildman–Crippen MR) is 107 cm³/mol. The van der Waals surface area contributed by atoms with Crippen molar-refractivity contribution in [2.75, 3.05) is 0 Å². The average Bonchev–Trinajstić information content (AvgIpc) is 3.05. The number of fused-ring (bicyclic) bond motifs is 1. The minimum Gasteiger partial charge on any atom is -0.480 e. The van der Waals surface area contributed by atoms with Crippen molar-refractivity contribution < 1.29 is 14.7 Å². The molecule has 3 rings (SSSR count). The number of carbonyl (C=O) groups excluding carboxylic acids is 1. The first-order chi connectivity index (χ1) is 13.1. The average molecular weight is 380 g/mol. The largest absolute Gasteiger partial charge is 0.480 e. The van der Waals surface area contributed by atoms with Crippen molar-refractivity contribution in [1.29, 1.82) is 0 Å². The third-order valence-corrected chi connectivity index (χ3v) is 4.61. The van der Waals surface area contributed by atoms with Crippen LogP contribution in [0.3, 0.4) is 0 Å². The van der Waals surface area contributed by atoms with Crippen LogP contribution in [0.25, 0.3) is 22.3 Å². The molecule has 0 bridgehead atoms. The second-order valence-electron chi connectivity index (χ2n) is 7.73. The van der Waals surface area contributed by atoms with Crippen molar-refractivity contribution in [3.8, 4) is 11.3 Å². The van der Waals surface area contributed by atoms with Gasteiger partial charge in [-0.1, -0.05) is 29.8 Å². The van der Waals surface area contributed by atoms with Crippen LogP contribution in [-0.4, -0.2) is 37.3 Å². The normalized spacial score (nSPS) is 11.8. The first-order valence-electron chi connectivity index (χ1n) is 9.11. The zero-order valence-electron chi connectivity index (χ0n) is 16.6. The van der Waals surface area contributed by atoms with E-state index < -0.39 is 17.4 Å². The number of carboxylic acid groups (broad SMARTS) is 1. The summed E-state index contributed by atoms with van der Waals surface area (Å²) in [4.78, 5) is 29.1. The molecule has 7 heteroatoms. The summed E-state index contributed by atoms with van der Waals surface area (Å²) in [6, 6.07) is 9.60. The fraction of sp³-hybridized carbons (Fsp3) is 0.333. The lowest BCUT2D eigenvalue weighted by atomic mass is 10.0. The van der Waals surface area contributed by atoms with Crippen molar-refractivity contribution in [3.05, 3.63) is 47.7 Å². The Balaban J connectivity index is 2.19. The predicted octanol–water partition coefficient (Wildman–Crippen LogP) is 3.58. The van der Waals surface area contributed by atoms with Gasteiger partial charge in [0.15, 0.2) is 5.65 Å². The van der Waals surface area contributed by atoms with Crippen LogP contribution in [0.4, 0.5) is 0 Å². The van der Waals surface area contributed by atoms with E-state index in [4.69, 9.17) is 4.98 Å². The SMILES string of the molecule is Cc1ccc(-c2cc(C(=O)NC(C)(C)C(=O)O)c3cnn(C(C)C)c3n2)cc1. The molecule has 0 fully saturated rings. The van der Waals surface area contributed by atoms with Gasteiger partial charge in [0.25, 0.3) is 5.91 Å². The van der Waals surface area contributed by atoms with Crippen molar-refractivity contribution in [3.63, 3.8) is 0 Å². The van der Waals surface area contributed by atoms with Crippen molar-refractivity contribution in [1.82, 2.24) is 20.1 Å². The molecule has 2 heterocycles. The first-order valence-corrected chi connectivity index (χ1v) is 9.11. The highest BCUT2D eigenvalue weighted by Crippen LogP contribution is 2.27. The van der Waals surface area contributed by atoms with E-state index in [-0.39, 0.29) is 6.04 Å². The number of aromatic nitrogens is 3. The minimum atomic E-state index is -1.40. The number of benzene rings is 1. The molecule has 146 valence electrons. The molecule has 0 atom stereocenters. The monoisotopic (exact) mass is 380 g/mol. The van der Waals surface area contributed by atoms with Crippen LogP contribution in [0.15, 0.2) is 36.5 Å². The molecular weight excluding hydrogens is 356 g/mol. The van der Waals surface area contributed by atoms with Crippen LogP contribution in [0.2, 0.25) is 0 Å². The topological polar surface area (TPSA) is 97.1 Å². The summed E-state index contributed by atoms with van der Waals surface area (Å²) in [6.07, 6.45) is 1.60. The molecule has 0 aliphatic carbocycles. The second-order valence-corrected chi connectivity index (χ2v) is 7.73. The quantitative estimate of drug-likeness (QED) is 0.705. The maximum Gasteiger partial charge on any atom is 0.328 e. The second kappa shape index (κ2) is 7.07. The van der Waals surface area contributed by atoms with Gasteiger partial charge in [0.1, 0.15) is 5.54 Å². The van der Waals surface area contributed by atoms with Crippen LogP contribution in [0, 0.1) is 6.92 Å². The molecule has 3 aromatic rings. The Morgan fingerprint density at radius 1 is 1.18 bits per heavy atom. The van der Waals surface area contributed by atoms with Gasteiger partial charge < -0.3 is 10.4 Å². The summed E-state index contributed by atoms with van der Waals surface area (Å²) in [7, 11) is 0. The number of carboxylic acids is 1. The van der Waals surface area contributed by atoms with Crippen molar-refractivity contribution in [2.24, 2.45) is 0 Å². The molecule has 0 unspecified atom stereocenters. The summed E-state index contributed by atoms with van der Waals surface area (Å²) in [5.41, 5.74) is 2.17. The fourth-order valence-electron chi connectivity index (χ4n) is 2.86. The zero-order chi connectivity index (χ0) is 20.6. The van der Waals surface area contributed by atoms with Gasteiger partial charge in [-0.3, -0.25) is 4.79 Å². The standard InChI is InChI=1S/C21H24N4O3/c1-12(2)25-18-16(11-22-25)15(19(26)24-21(4,5)20(27)28)10-17(23-18)14-8-6-13(3)7-9-14/h6-12H,1-5H3,(H,24,26)(H,27,28). The highest BCUT2D eigenvalue weighted by atomic mass is 16.4. The number of carbonyl (C=O) groups is 2. The Morgan fingerprint density at radius 2 is 1.82 bits per heavy atom. The molecule has 0 aliphatic heterocycles. The summed E-state index contributed by atoms with van der Waals surface area (Å²) in [5, 5.41) is 16.9. The summed E-state index contributed by atoms with van der Waals surface area (Å²) < 4.78 is 1.76. The Kier molecular flexibility index (Phi) is 4.93. The lowest BCUT2D eigenvalue weighted by molar-refractivity contribution is -0.143. The van der Waals surface area contributed by atoms with E-state index in [9.17, 15) is 14.7 Å². The third-order valence-electron chi connectivity index (χ3n) is 4.61. The molecule has 0 saturated heterocycles. The van der Waals surface area contributed by atoms with Crippen LogP contribution in [0.1, 0.15) is 49.7 Å². The van der Waals surface area contributed by atoms with Gasteiger partial charge in [-0.05, 0) is 40.7 Å². The van der Waals surface area contributed by atoms with Gasteiger partial charge >= 0.3 is 5.97 Å². The number of hydrogen-bond acceptors (Lipinski definition) is 4. The van der Waals surface area contributed by atoms with Crippen LogP contribution >= 0.6 is 0 Å². The maximum absolute atomic E-state index is 13.0. The van der Waals surface area contributed by atoms with E-state index >= 15 is 0 Å². The minimum absolute atomic E-state index is 0.0599. The van der Waals surface area contributed by atoms with E-state index in [1.165, 1.54) is 13.8 Å². The van der Waals surface area contributed by atoms with E-state index in [2.05, 4.69) is 10.4 Å². The van der Waals surface area contributed by atoms with E-state index in [0.717, 1.165) is 11.1 Å². The van der Waals surface area contributed by atoms with Gasteiger partial charge in [0, 0.05) is 11.6 Å². The van der Waals surface area contributed by atoms with Gasteiger partial charge in [0.2, 0.25) is 0 Å². The summed E-state index contributed by atoms with van der Waals surface area (Å²) in [6.45, 7) is 8.87. The lowest BCUT2D eigenvalue weighted by Gasteiger charge is -2.21. The molecule has 0 aliphatic rings. The molecular formula is C21H24N4O3. The molecule has 2 N–H and O–H groups in total. The van der Waals surface area contributed by atoms with Crippen LogP contribution < -0.4 is 5.32 Å². The van der Waals surface area contributed by atoms with Crippen molar-refractivity contribution in [2.45, 2.75) is 46.2 Å². The van der Waals surface area contributed by atoms with Crippen LogP contribution in [0.5, 0.6) is 0 Å². The lowest BCUT2D eigenvalue weighted by Crippen LogP contribution is -2.49. The van der Waals surface area contributed by atoms with Crippen LogP contribution in [-0.2, 0) is 4.79 Å². The first kappa shape index (κ1) is 19.5. The summed E-state index contributed by atoms with van der Waals surface area (Å²) >= 11 is 0. The molecule has 1 amide bonds. The third kappa shape index (κ3) is 3.60. The Labute approximate surface area is 163 Å². The van der Waals surface area contributed by atoms with E-state index in [0.29, 0.717) is 22.3 Å². The number of hydrogen-bond donors (Lipinski definition) is 2. The number of pyridine rings is 1. The summed E-state index contributed by atoms with van der Waals surface area (Å²) in [5.74, 6) is -1.58.